The Bertz CT molecular complexity index is 689. The van der Waals surface area contributed by atoms with Gasteiger partial charge in [0.25, 0.3) is 0 Å². The molecule has 0 amide bonds. The molecule has 1 aliphatic rings. The standard InChI is InChI=1S/C19H21F3N2/c1-15-6-2-5-9-18(15)24-12-10-23(11-13-24)14-16-7-3-4-8-17(16)19(20,21)22/h2-9H,10-14H2,1H3. The zero-order chi connectivity index (χ0) is 17.2. The topological polar surface area (TPSA) is 6.48 Å². The van der Waals surface area contributed by atoms with Crippen molar-refractivity contribution in [2.45, 2.75) is 19.6 Å². The maximum absolute atomic E-state index is 13.1. The Labute approximate surface area is 140 Å². The molecule has 2 aromatic rings. The van der Waals surface area contributed by atoms with Crippen LogP contribution in [0.1, 0.15) is 16.7 Å². The van der Waals surface area contributed by atoms with Gasteiger partial charge < -0.3 is 4.90 Å². The summed E-state index contributed by atoms with van der Waals surface area (Å²) in [5.74, 6) is 0. The maximum Gasteiger partial charge on any atom is 0.416 e. The van der Waals surface area contributed by atoms with Crippen LogP contribution in [0.2, 0.25) is 0 Å². The van der Waals surface area contributed by atoms with Crippen LogP contribution < -0.4 is 4.90 Å². The van der Waals surface area contributed by atoms with E-state index in [1.54, 1.807) is 12.1 Å². The zero-order valence-corrected chi connectivity index (χ0v) is 13.7. The van der Waals surface area contributed by atoms with Gasteiger partial charge in [0.15, 0.2) is 0 Å². The lowest BCUT2D eigenvalue weighted by Crippen LogP contribution is -2.46. The number of halogens is 3. The molecule has 1 fully saturated rings. The molecule has 0 radical (unpaired) electrons. The average molecular weight is 334 g/mol. The van der Waals surface area contributed by atoms with E-state index in [9.17, 15) is 13.2 Å². The van der Waals surface area contributed by atoms with Crippen LogP contribution in [0.15, 0.2) is 48.5 Å². The Morgan fingerprint density at radius 1 is 0.875 bits per heavy atom. The summed E-state index contributed by atoms with van der Waals surface area (Å²) >= 11 is 0. The van der Waals surface area contributed by atoms with Crippen LogP contribution in [0.3, 0.4) is 0 Å². The number of hydrogen-bond acceptors (Lipinski definition) is 2. The van der Waals surface area contributed by atoms with Crippen LogP contribution >= 0.6 is 0 Å². The Kier molecular flexibility index (Phi) is 4.81. The van der Waals surface area contributed by atoms with Crippen molar-refractivity contribution in [1.82, 2.24) is 4.90 Å². The molecule has 1 aliphatic heterocycles. The van der Waals surface area contributed by atoms with Gasteiger partial charge in [0.05, 0.1) is 5.56 Å². The second kappa shape index (κ2) is 6.85. The molecular formula is C19H21F3N2. The number of alkyl halides is 3. The summed E-state index contributed by atoms with van der Waals surface area (Å²) in [5, 5.41) is 0. The van der Waals surface area contributed by atoms with Gasteiger partial charge in [-0.1, -0.05) is 36.4 Å². The highest BCUT2D eigenvalue weighted by molar-refractivity contribution is 5.53. The third-order valence-electron chi connectivity index (χ3n) is 4.55. The molecule has 1 saturated heterocycles. The second-order valence-corrected chi connectivity index (χ2v) is 6.20. The Morgan fingerprint density at radius 3 is 2.17 bits per heavy atom. The molecule has 24 heavy (non-hydrogen) atoms. The molecule has 0 unspecified atom stereocenters. The summed E-state index contributed by atoms with van der Waals surface area (Å²) in [4.78, 5) is 4.40. The molecule has 0 N–H and O–H groups in total. The first-order valence-corrected chi connectivity index (χ1v) is 8.13. The van der Waals surface area contributed by atoms with Gasteiger partial charge in [-0.05, 0) is 30.2 Å². The SMILES string of the molecule is Cc1ccccc1N1CCN(Cc2ccccc2C(F)(F)F)CC1. The highest BCUT2D eigenvalue weighted by Crippen LogP contribution is 2.32. The summed E-state index contributed by atoms with van der Waals surface area (Å²) in [5.41, 5.74) is 2.28. The Hall–Kier alpha value is -2.01. The number of benzene rings is 2. The molecule has 3 rings (SSSR count). The molecule has 2 nitrogen and oxygen atoms in total. The highest BCUT2D eigenvalue weighted by atomic mass is 19.4. The van der Waals surface area contributed by atoms with E-state index >= 15 is 0 Å². The Balaban J connectivity index is 1.66. The normalized spacial score (nSPS) is 16.4. The Morgan fingerprint density at radius 2 is 1.50 bits per heavy atom. The van der Waals surface area contributed by atoms with Gasteiger partial charge in [0.2, 0.25) is 0 Å². The number of piperazine rings is 1. The van der Waals surface area contributed by atoms with E-state index in [2.05, 4.69) is 28.9 Å². The first-order chi connectivity index (χ1) is 11.4. The number of hydrogen-bond donors (Lipinski definition) is 0. The van der Waals surface area contributed by atoms with E-state index < -0.39 is 11.7 Å². The number of aryl methyl sites for hydroxylation is 1. The molecule has 0 spiro atoms. The van der Waals surface area contributed by atoms with E-state index in [1.807, 2.05) is 12.1 Å². The monoisotopic (exact) mass is 334 g/mol. The van der Waals surface area contributed by atoms with Crippen molar-refractivity contribution < 1.29 is 13.2 Å². The van der Waals surface area contributed by atoms with Crippen LogP contribution in [0.4, 0.5) is 18.9 Å². The predicted octanol–water partition coefficient (Wildman–Crippen LogP) is 4.34. The number of anilines is 1. The quantitative estimate of drug-likeness (QED) is 0.824. The van der Waals surface area contributed by atoms with Gasteiger partial charge in [0, 0.05) is 38.4 Å². The van der Waals surface area contributed by atoms with Crippen molar-refractivity contribution >= 4 is 5.69 Å². The van der Waals surface area contributed by atoms with Gasteiger partial charge >= 0.3 is 6.18 Å². The lowest BCUT2D eigenvalue weighted by atomic mass is 10.1. The predicted molar refractivity (Wildman–Crippen MR) is 90.1 cm³/mol. The molecular weight excluding hydrogens is 313 g/mol. The van der Waals surface area contributed by atoms with Crippen molar-refractivity contribution in [2.75, 3.05) is 31.1 Å². The largest absolute Gasteiger partial charge is 0.416 e. The van der Waals surface area contributed by atoms with E-state index in [0.717, 1.165) is 26.2 Å². The van der Waals surface area contributed by atoms with Gasteiger partial charge in [-0.25, -0.2) is 0 Å². The smallest absolute Gasteiger partial charge is 0.369 e. The van der Waals surface area contributed by atoms with Gasteiger partial charge in [0.1, 0.15) is 0 Å². The molecule has 0 bridgehead atoms. The van der Waals surface area contributed by atoms with Gasteiger partial charge in [-0.3, -0.25) is 4.90 Å². The third kappa shape index (κ3) is 3.73. The third-order valence-corrected chi connectivity index (χ3v) is 4.55. The summed E-state index contributed by atoms with van der Waals surface area (Å²) in [6.07, 6.45) is -4.29. The summed E-state index contributed by atoms with van der Waals surface area (Å²) < 4.78 is 39.3. The second-order valence-electron chi connectivity index (χ2n) is 6.20. The minimum absolute atomic E-state index is 0.345. The van der Waals surface area contributed by atoms with Crippen molar-refractivity contribution in [1.29, 1.82) is 0 Å². The maximum atomic E-state index is 13.1. The highest BCUT2D eigenvalue weighted by Gasteiger charge is 2.33. The van der Waals surface area contributed by atoms with Crippen LogP contribution in [-0.4, -0.2) is 31.1 Å². The average Bonchev–Trinajstić information content (AvgIpc) is 2.56. The summed E-state index contributed by atoms with van der Waals surface area (Å²) in [6, 6.07) is 14.1. The number of rotatable bonds is 3. The van der Waals surface area contributed by atoms with Crippen LogP contribution in [0.25, 0.3) is 0 Å². The lowest BCUT2D eigenvalue weighted by Gasteiger charge is -2.37. The van der Waals surface area contributed by atoms with Gasteiger partial charge in [-0.2, -0.15) is 13.2 Å². The molecule has 0 aromatic heterocycles. The van der Waals surface area contributed by atoms with E-state index in [0.29, 0.717) is 12.1 Å². The van der Waals surface area contributed by atoms with E-state index in [4.69, 9.17) is 0 Å². The molecule has 1 heterocycles. The van der Waals surface area contributed by atoms with Gasteiger partial charge in [-0.15, -0.1) is 0 Å². The molecule has 0 atom stereocenters. The fourth-order valence-electron chi connectivity index (χ4n) is 3.24. The van der Waals surface area contributed by atoms with Crippen molar-refractivity contribution in [3.8, 4) is 0 Å². The van der Waals surface area contributed by atoms with Crippen LogP contribution in [0.5, 0.6) is 0 Å². The van der Waals surface area contributed by atoms with Crippen molar-refractivity contribution in [3.63, 3.8) is 0 Å². The van der Waals surface area contributed by atoms with Crippen molar-refractivity contribution in [2.24, 2.45) is 0 Å². The summed E-state index contributed by atoms with van der Waals surface area (Å²) in [6.45, 7) is 5.62. The molecule has 0 saturated carbocycles. The van der Waals surface area contributed by atoms with Crippen LogP contribution in [0, 0.1) is 6.92 Å². The molecule has 5 heteroatoms. The minimum atomic E-state index is -4.29. The number of para-hydroxylation sites is 1. The fraction of sp³-hybridized carbons (Fsp3) is 0.368. The number of nitrogens with zero attached hydrogens (tertiary/aromatic N) is 2. The first kappa shape index (κ1) is 16.8. The molecule has 0 aliphatic carbocycles. The van der Waals surface area contributed by atoms with Crippen LogP contribution in [-0.2, 0) is 12.7 Å². The minimum Gasteiger partial charge on any atom is -0.369 e. The lowest BCUT2D eigenvalue weighted by molar-refractivity contribution is -0.138. The van der Waals surface area contributed by atoms with Crippen molar-refractivity contribution in [3.05, 3.63) is 65.2 Å². The molecule has 2 aromatic carbocycles. The van der Waals surface area contributed by atoms with E-state index in [-0.39, 0.29) is 0 Å². The first-order valence-electron chi connectivity index (χ1n) is 8.13. The summed E-state index contributed by atoms with van der Waals surface area (Å²) in [7, 11) is 0. The van der Waals surface area contributed by atoms with E-state index in [1.165, 1.54) is 23.4 Å². The molecule has 128 valence electrons. The zero-order valence-electron chi connectivity index (χ0n) is 13.7. The fourth-order valence-corrected chi connectivity index (χ4v) is 3.24.